The molecule has 130 valence electrons. The maximum absolute atomic E-state index is 12.8. The summed E-state index contributed by atoms with van der Waals surface area (Å²) in [4.78, 5) is 25.2. The van der Waals surface area contributed by atoms with Crippen LogP contribution in [0.2, 0.25) is 0 Å². The summed E-state index contributed by atoms with van der Waals surface area (Å²) in [6.07, 6.45) is 3.51. The maximum Gasteiger partial charge on any atom is 0.261 e. The highest BCUT2D eigenvalue weighted by atomic mass is 16.1. The molecule has 3 aromatic rings. The molecule has 0 aliphatic heterocycles. The van der Waals surface area contributed by atoms with E-state index in [4.69, 9.17) is 0 Å². The van der Waals surface area contributed by atoms with Crippen LogP contribution in [0.25, 0.3) is 17.2 Å². The molecule has 0 unspecified atom stereocenters. The summed E-state index contributed by atoms with van der Waals surface area (Å²) in [5.74, 6) is -0.178. The first-order chi connectivity index (χ1) is 12.5. The molecule has 0 amide bonds. The molecule has 0 radical (unpaired) electrons. The number of aryl methyl sites for hydroxylation is 1. The molecule has 0 spiro atoms. The molecular weight excluding hydrogens is 322 g/mol. The van der Waals surface area contributed by atoms with Crippen LogP contribution in [-0.2, 0) is 13.5 Å². The number of hydrogen-bond donors (Lipinski definition) is 0. The molecule has 2 aromatic carbocycles. The second-order valence-corrected chi connectivity index (χ2v) is 6.36. The molecule has 26 heavy (non-hydrogen) atoms. The van der Waals surface area contributed by atoms with Crippen LogP contribution < -0.4 is 5.56 Å². The molecule has 0 N–H and O–H groups in total. The lowest BCUT2D eigenvalue weighted by molar-refractivity contribution is 0.0991. The van der Waals surface area contributed by atoms with Crippen molar-refractivity contribution in [1.82, 2.24) is 4.57 Å². The average molecular weight is 343 g/mol. The van der Waals surface area contributed by atoms with Crippen LogP contribution in [0.5, 0.6) is 0 Å². The second-order valence-electron chi connectivity index (χ2n) is 6.36. The summed E-state index contributed by atoms with van der Waals surface area (Å²) in [7, 11) is 1.65. The smallest absolute Gasteiger partial charge is 0.261 e. The third kappa shape index (κ3) is 3.42. The van der Waals surface area contributed by atoms with E-state index < -0.39 is 0 Å². The van der Waals surface area contributed by atoms with Crippen molar-refractivity contribution in [3.8, 4) is 11.1 Å². The Morgan fingerprint density at radius 3 is 2.54 bits per heavy atom. The molecule has 1 aromatic heterocycles. The number of aromatic nitrogens is 1. The Labute approximate surface area is 153 Å². The predicted octanol–water partition coefficient (Wildman–Crippen LogP) is 4.43. The average Bonchev–Trinajstić information content (AvgIpc) is 2.66. The van der Waals surface area contributed by atoms with E-state index in [1.165, 1.54) is 4.57 Å². The highest BCUT2D eigenvalue weighted by molar-refractivity contribution is 5.98. The highest BCUT2D eigenvalue weighted by Gasteiger charge is 2.15. The molecule has 3 rings (SSSR count). The molecule has 0 bridgehead atoms. The van der Waals surface area contributed by atoms with Crippen LogP contribution in [0.3, 0.4) is 0 Å². The number of nitrogens with zero attached hydrogens (tertiary/aromatic N) is 1. The van der Waals surface area contributed by atoms with Gasteiger partial charge in [-0.15, -0.1) is 0 Å². The third-order valence-electron chi connectivity index (χ3n) is 4.62. The summed E-state index contributed by atoms with van der Waals surface area (Å²) >= 11 is 0. The van der Waals surface area contributed by atoms with Crippen molar-refractivity contribution in [2.75, 3.05) is 0 Å². The molecule has 0 aliphatic carbocycles. The van der Waals surface area contributed by atoms with Crippen molar-refractivity contribution in [1.29, 1.82) is 0 Å². The normalized spacial score (nSPS) is 10.5. The van der Waals surface area contributed by atoms with Gasteiger partial charge in [-0.2, -0.15) is 0 Å². The van der Waals surface area contributed by atoms with Crippen molar-refractivity contribution >= 4 is 11.9 Å². The van der Waals surface area contributed by atoms with Gasteiger partial charge in [-0.3, -0.25) is 9.59 Å². The van der Waals surface area contributed by atoms with Gasteiger partial charge in [-0.25, -0.2) is 0 Å². The zero-order valence-corrected chi connectivity index (χ0v) is 15.0. The minimum Gasteiger partial charge on any atom is -0.317 e. The van der Waals surface area contributed by atoms with Gasteiger partial charge in [-0.05, 0) is 40.8 Å². The van der Waals surface area contributed by atoms with Crippen molar-refractivity contribution in [3.63, 3.8) is 0 Å². The quantitative estimate of drug-likeness (QED) is 0.643. The highest BCUT2D eigenvalue weighted by Crippen LogP contribution is 2.26. The number of pyridine rings is 1. The van der Waals surface area contributed by atoms with Gasteiger partial charge in [0.05, 0.1) is 5.56 Å². The first kappa shape index (κ1) is 17.6. The first-order valence-corrected chi connectivity index (χ1v) is 8.51. The number of ketones is 1. The lowest BCUT2D eigenvalue weighted by Crippen LogP contribution is -2.25. The molecule has 0 aliphatic rings. The van der Waals surface area contributed by atoms with Crippen LogP contribution in [0.1, 0.15) is 27.0 Å². The lowest BCUT2D eigenvalue weighted by Gasteiger charge is -2.12. The summed E-state index contributed by atoms with van der Waals surface area (Å²) in [5, 5.41) is 0. The molecule has 0 saturated carbocycles. The molecule has 3 nitrogen and oxygen atoms in total. The monoisotopic (exact) mass is 343 g/mol. The SMILES string of the molecule is C=Cc1cc(C(=O)Cc2cccc(-c3ccccc3)c2C)c(=O)n(C)c1. The van der Waals surface area contributed by atoms with E-state index in [2.05, 4.69) is 24.8 Å². The van der Waals surface area contributed by atoms with E-state index >= 15 is 0 Å². The Bertz CT molecular complexity index is 1030. The molecule has 0 saturated heterocycles. The van der Waals surface area contributed by atoms with Crippen molar-refractivity contribution in [3.05, 3.63) is 100.0 Å². The molecule has 3 heteroatoms. The maximum atomic E-state index is 12.8. The number of carbonyl (C=O) groups is 1. The molecule has 1 heterocycles. The predicted molar refractivity (Wildman–Crippen MR) is 106 cm³/mol. The van der Waals surface area contributed by atoms with Gasteiger partial charge in [0.1, 0.15) is 0 Å². The van der Waals surface area contributed by atoms with Crippen LogP contribution in [0.4, 0.5) is 0 Å². The van der Waals surface area contributed by atoms with Crippen molar-refractivity contribution < 1.29 is 4.79 Å². The number of carbonyl (C=O) groups excluding carboxylic acids is 1. The van der Waals surface area contributed by atoms with Gasteiger partial charge >= 0.3 is 0 Å². The Morgan fingerprint density at radius 2 is 1.85 bits per heavy atom. The molecule has 0 fully saturated rings. The number of hydrogen-bond acceptors (Lipinski definition) is 2. The van der Waals surface area contributed by atoms with Gasteiger partial charge < -0.3 is 4.57 Å². The zero-order valence-electron chi connectivity index (χ0n) is 15.0. The molecule has 0 atom stereocenters. The largest absolute Gasteiger partial charge is 0.317 e. The van der Waals surface area contributed by atoms with E-state index in [1.807, 2.05) is 37.3 Å². The zero-order chi connectivity index (χ0) is 18.7. The number of rotatable bonds is 5. The van der Waals surface area contributed by atoms with Gasteiger partial charge in [0, 0.05) is 19.7 Å². The van der Waals surface area contributed by atoms with E-state index in [9.17, 15) is 9.59 Å². The van der Waals surface area contributed by atoms with Crippen molar-refractivity contribution in [2.24, 2.45) is 7.05 Å². The fourth-order valence-corrected chi connectivity index (χ4v) is 3.12. The summed E-state index contributed by atoms with van der Waals surface area (Å²) in [6, 6.07) is 17.7. The fraction of sp³-hybridized carbons (Fsp3) is 0.130. The van der Waals surface area contributed by atoms with Crippen molar-refractivity contribution in [2.45, 2.75) is 13.3 Å². The van der Waals surface area contributed by atoms with Crippen LogP contribution >= 0.6 is 0 Å². The third-order valence-corrected chi connectivity index (χ3v) is 4.62. The van der Waals surface area contributed by atoms with Gasteiger partial charge in [0.25, 0.3) is 5.56 Å². The minimum absolute atomic E-state index is 0.178. The number of benzene rings is 2. The first-order valence-electron chi connectivity index (χ1n) is 8.51. The summed E-state index contributed by atoms with van der Waals surface area (Å²) in [6.45, 7) is 5.74. The standard InChI is InChI=1S/C23H21NO2/c1-4-17-13-21(23(26)24(3)15-17)22(25)14-19-11-8-12-20(16(19)2)18-9-6-5-7-10-18/h4-13,15H,1,14H2,2-3H3. The van der Waals surface area contributed by atoms with E-state index in [0.717, 1.165) is 27.8 Å². The lowest BCUT2D eigenvalue weighted by atomic mass is 9.93. The summed E-state index contributed by atoms with van der Waals surface area (Å²) in [5.41, 5.74) is 4.88. The minimum atomic E-state index is -0.280. The Hall–Kier alpha value is -3.20. The van der Waals surface area contributed by atoms with Crippen LogP contribution in [0.15, 0.2) is 72.2 Å². The summed E-state index contributed by atoms with van der Waals surface area (Å²) < 4.78 is 1.43. The topological polar surface area (TPSA) is 39.1 Å². The van der Waals surface area contributed by atoms with Gasteiger partial charge in [0.2, 0.25) is 0 Å². The fourth-order valence-electron chi connectivity index (χ4n) is 3.12. The van der Waals surface area contributed by atoms with Gasteiger partial charge in [-0.1, -0.05) is 61.2 Å². The second kappa shape index (κ2) is 7.36. The van der Waals surface area contributed by atoms with Crippen LogP contribution in [0, 0.1) is 6.92 Å². The number of Topliss-reactive ketones (excluding diaryl/α,β-unsaturated/α-hetero) is 1. The Morgan fingerprint density at radius 1 is 1.12 bits per heavy atom. The Kier molecular flexibility index (Phi) is 4.99. The van der Waals surface area contributed by atoms with Crippen LogP contribution in [-0.4, -0.2) is 10.4 Å². The van der Waals surface area contributed by atoms with E-state index in [0.29, 0.717) is 0 Å². The van der Waals surface area contributed by atoms with Gasteiger partial charge in [0.15, 0.2) is 5.78 Å². The van der Waals surface area contributed by atoms with E-state index in [-0.39, 0.29) is 23.3 Å². The Balaban J connectivity index is 1.98. The molecular formula is C23H21NO2. The van der Waals surface area contributed by atoms with E-state index in [1.54, 1.807) is 25.4 Å².